The van der Waals surface area contributed by atoms with Crippen LogP contribution in [0.2, 0.25) is 10.0 Å². The van der Waals surface area contributed by atoms with Crippen LogP contribution in [-0.2, 0) is 22.6 Å². The van der Waals surface area contributed by atoms with Crippen LogP contribution >= 0.6 is 23.2 Å². The van der Waals surface area contributed by atoms with Crippen molar-refractivity contribution < 1.29 is 23.6 Å². The van der Waals surface area contributed by atoms with Gasteiger partial charge in [0.15, 0.2) is 0 Å². The average Bonchev–Trinajstić information content (AvgIpc) is 3.72. The number of benzene rings is 2. The molecule has 5 rings (SSSR count). The molecule has 0 fully saturated rings. The number of rotatable bonds is 13. The molecule has 1 aliphatic carbocycles. The van der Waals surface area contributed by atoms with Crippen LogP contribution in [0.5, 0.6) is 0 Å². The highest BCUT2D eigenvalue weighted by atomic mass is 35.5. The number of aryl methyl sites for hydroxylation is 1. The van der Waals surface area contributed by atoms with Gasteiger partial charge in [-0.1, -0.05) is 99.2 Å². The minimum Gasteiger partial charge on any atom is -0.445 e. The second kappa shape index (κ2) is 15.6. The predicted octanol–water partition coefficient (Wildman–Crippen LogP) is 6.49. The number of nitrogens with zero attached hydrogens (tertiary/aromatic N) is 3. The number of primary amides is 1. The van der Waals surface area contributed by atoms with E-state index in [4.69, 9.17) is 38.2 Å². The molecule has 0 radical (unpaired) electrons. The number of hydrogen-bond acceptors (Lipinski definition) is 8. The Morgan fingerprint density at radius 1 is 1.12 bits per heavy atom. The van der Waals surface area contributed by atoms with Crippen molar-refractivity contribution in [2.45, 2.75) is 84.2 Å². The molecule has 3 unspecified atom stereocenters. The van der Waals surface area contributed by atoms with Crippen molar-refractivity contribution in [3.8, 4) is 0 Å². The van der Waals surface area contributed by atoms with Gasteiger partial charge in [-0.3, -0.25) is 14.5 Å². The van der Waals surface area contributed by atoms with Gasteiger partial charge in [-0.25, -0.2) is 4.79 Å². The Morgan fingerprint density at radius 3 is 2.49 bits per heavy atom. The lowest BCUT2D eigenvalue weighted by Gasteiger charge is -2.43. The van der Waals surface area contributed by atoms with E-state index in [-0.39, 0.29) is 36.1 Å². The van der Waals surface area contributed by atoms with Crippen LogP contribution in [0.3, 0.4) is 0 Å². The topological polar surface area (TPSA) is 168 Å². The summed E-state index contributed by atoms with van der Waals surface area (Å²) in [6.07, 6.45) is 1.90. The minimum absolute atomic E-state index is 0.0146. The van der Waals surface area contributed by atoms with Crippen molar-refractivity contribution in [3.63, 3.8) is 0 Å². The highest BCUT2D eigenvalue weighted by Gasteiger charge is 2.43. The van der Waals surface area contributed by atoms with Gasteiger partial charge in [0.1, 0.15) is 12.6 Å². The van der Waals surface area contributed by atoms with E-state index in [1.165, 1.54) is 0 Å². The van der Waals surface area contributed by atoms with E-state index < -0.39 is 36.2 Å². The highest BCUT2D eigenvalue weighted by Crippen LogP contribution is 2.45. The number of H-pyrrole nitrogens is 1. The van der Waals surface area contributed by atoms with Crippen molar-refractivity contribution in [1.82, 2.24) is 30.7 Å². The lowest BCUT2D eigenvalue weighted by atomic mass is 9.83. The third kappa shape index (κ3) is 7.87. The smallest absolute Gasteiger partial charge is 0.408 e. The number of nitrogens with two attached hydrogens (primary N) is 1. The van der Waals surface area contributed by atoms with Gasteiger partial charge in [0.2, 0.25) is 11.8 Å². The van der Waals surface area contributed by atoms with Crippen molar-refractivity contribution >= 4 is 52.0 Å². The number of alkyl carbamates (subject to hydrolysis) is 1. The van der Waals surface area contributed by atoms with Gasteiger partial charge in [-0.05, 0) is 49.4 Å². The van der Waals surface area contributed by atoms with E-state index in [1.54, 1.807) is 6.07 Å². The van der Waals surface area contributed by atoms with E-state index in [9.17, 15) is 14.4 Å². The second-order valence-corrected chi connectivity index (χ2v) is 13.7. The third-order valence-corrected chi connectivity index (χ3v) is 10.1. The number of aromatic nitrogens is 3. The first-order valence-electron chi connectivity index (χ1n) is 16.6. The van der Waals surface area contributed by atoms with Crippen LogP contribution < -0.4 is 16.4 Å². The molecule has 49 heavy (non-hydrogen) atoms. The summed E-state index contributed by atoms with van der Waals surface area (Å²) in [5.74, 6) is -1.31. The van der Waals surface area contributed by atoms with Crippen molar-refractivity contribution in [2.24, 2.45) is 17.6 Å². The Kier molecular flexibility index (Phi) is 11.5. The van der Waals surface area contributed by atoms with Gasteiger partial charge in [-0.2, -0.15) is 4.98 Å². The average molecular weight is 713 g/mol. The summed E-state index contributed by atoms with van der Waals surface area (Å²) >= 11 is 13.2. The Bertz CT molecular complexity index is 1800. The number of hydrogen-bond donors (Lipinski definition) is 4. The zero-order valence-electron chi connectivity index (χ0n) is 28.3. The van der Waals surface area contributed by atoms with Crippen LogP contribution in [0.25, 0.3) is 10.9 Å². The molecule has 2 aromatic heterocycles. The zero-order valence-corrected chi connectivity index (χ0v) is 29.8. The van der Waals surface area contributed by atoms with Crippen molar-refractivity contribution in [3.05, 3.63) is 81.0 Å². The molecule has 5 N–H and O–H groups in total. The van der Waals surface area contributed by atoms with Crippen molar-refractivity contribution in [1.29, 1.82) is 0 Å². The van der Waals surface area contributed by atoms with Gasteiger partial charge in [0.05, 0.1) is 22.6 Å². The number of carbonyl (C=O) groups excluding carboxylic acids is 3. The van der Waals surface area contributed by atoms with Gasteiger partial charge in [0, 0.05) is 27.7 Å². The van der Waals surface area contributed by atoms with Gasteiger partial charge >= 0.3 is 6.09 Å². The quantitative estimate of drug-likeness (QED) is 0.122. The molecule has 262 valence electrons. The monoisotopic (exact) mass is 711 g/mol. The molecule has 2 heterocycles. The number of nitrogens with one attached hydrogen (secondary N) is 3. The first kappa shape index (κ1) is 36.2. The normalized spacial score (nSPS) is 18.4. The lowest BCUT2D eigenvalue weighted by Crippen LogP contribution is -2.56. The predicted molar refractivity (Wildman–Crippen MR) is 187 cm³/mol. The molecule has 0 aliphatic heterocycles. The fraction of sp³-hybridized carbons (Fsp3) is 0.457. The largest absolute Gasteiger partial charge is 0.445 e. The zero-order chi connectivity index (χ0) is 35.4. The summed E-state index contributed by atoms with van der Waals surface area (Å²) in [6, 6.07) is 10.7. The van der Waals surface area contributed by atoms with Crippen LogP contribution in [0.4, 0.5) is 4.79 Å². The maximum atomic E-state index is 14.2. The summed E-state index contributed by atoms with van der Waals surface area (Å²) in [4.78, 5) is 49.0. The first-order valence-corrected chi connectivity index (χ1v) is 17.3. The summed E-state index contributed by atoms with van der Waals surface area (Å²) in [5, 5.41) is 11.7. The van der Waals surface area contributed by atoms with Gasteiger partial charge in [0.25, 0.3) is 11.7 Å². The number of halogens is 2. The summed E-state index contributed by atoms with van der Waals surface area (Å²) in [7, 11) is 1.93. The molecule has 6 atom stereocenters. The second-order valence-electron chi connectivity index (χ2n) is 12.8. The Hall–Kier alpha value is -4.13. The Labute approximate surface area is 295 Å². The lowest BCUT2D eigenvalue weighted by molar-refractivity contribution is -0.125. The molecule has 1 aliphatic rings. The summed E-state index contributed by atoms with van der Waals surface area (Å²) in [5.41, 5.74) is 8.94. The Balaban J connectivity index is 1.51. The number of likely N-dealkylation sites (N-methyl/N-ethyl adjacent to an activating group) is 1. The van der Waals surface area contributed by atoms with Crippen LogP contribution in [0.15, 0.2) is 47.0 Å². The van der Waals surface area contributed by atoms with E-state index in [1.807, 2.05) is 64.2 Å². The van der Waals surface area contributed by atoms with E-state index in [0.717, 1.165) is 34.1 Å². The fourth-order valence-corrected chi connectivity index (χ4v) is 7.20. The van der Waals surface area contributed by atoms with Crippen LogP contribution in [-0.4, -0.2) is 57.1 Å². The van der Waals surface area contributed by atoms with Gasteiger partial charge in [-0.15, -0.1) is 0 Å². The molecule has 14 heteroatoms. The van der Waals surface area contributed by atoms with E-state index in [2.05, 4.69) is 37.6 Å². The molecule has 12 nitrogen and oxygen atoms in total. The summed E-state index contributed by atoms with van der Waals surface area (Å²) < 4.78 is 11.1. The number of amides is 3. The SMILES string of the molecule is CCC(C)[C@H](NC(=O)OCc1ccccc1)C(=O)N[C@H]1CCc2[nH]c3c(Cl)cc(Cl)cc3c2C1N(C)[C@H](c1nc(C(N)=O)no1)C(C)CC. The number of carbonyl (C=O) groups is 3. The van der Waals surface area contributed by atoms with Crippen LogP contribution in [0, 0.1) is 11.8 Å². The van der Waals surface area contributed by atoms with Crippen molar-refractivity contribution in [2.75, 3.05) is 7.05 Å². The van der Waals surface area contributed by atoms with E-state index >= 15 is 0 Å². The highest BCUT2D eigenvalue weighted by molar-refractivity contribution is 6.38. The molecule has 0 saturated carbocycles. The maximum Gasteiger partial charge on any atom is 0.408 e. The van der Waals surface area contributed by atoms with Crippen LogP contribution in [0.1, 0.15) is 92.4 Å². The molecule has 4 aromatic rings. The minimum atomic E-state index is -0.855. The molecule has 0 spiro atoms. The first-order chi connectivity index (χ1) is 23.4. The number of ether oxygens (including phenoxy) is 1. The molecule has 2 aromatic carbocycles. The standard InChI is InChI=1S/C35H43Cl2N7O5/c1-6-18(3)27(41-35(47)48-17-20-11-9-8-10-12-20)33(46)40-25-14-13-24-26(22-15-21(36)16-23(37)28(22)39-24)30(25)44(5)29(19(4)7-2)34-42-32(31(38)45)43-49-34/h8-12,15-16,18-19,25,27,29-30,39H,6-7,13-14,17H2,1-5H3,(H2,38,45)(H,40,46)(H,41,47)/t18?,19?,25-,27-,29-,30?/m0/s1. The third-order valence-electron chi connectivity index (χ3n) is 9.61. The van der Waals surface area contributed by atoms with E-state index in [0.29, 0.717) is 29.3 Å². The summed E-state index contributed by atoms with van der Waals surface area (Å²) in [6.45, 7) is 8.06. The number of fused-ring (bicyclic) bond motifs is 3. The number of aromatic amines is 1. The fourth-order valence-electron chi connectivity index (χ4n) is 6.66. The molecule has 0 saturated heterocycles. The molecule has 0 bridgehead atoms. The Morgan fingerprint density at radius 2 is 1.84 bits per heavy atom. The molecular formula is C35H43Cl2N7O5. The maximum absolute atomic E-state index is 14.2. The molecule has 3 amide bonds. The van der Waals surface area contributed by atoms with Gasteiger partial charge < -0.3 is 30.6 Å². The molecular weight excluding hydrogens is 669 g/mol.